The Kier molecular flexibility index (Phi) is 1.75. The maximum absolute atomic E-state index is 4.32. The molecule has 1 aromatic heterocycles. The Labute approximate surface area is 74.8 Å². The third kappa shape index (κ3) is 1.34. The number of hydrogen-bond donors (Lipinski definition) is 0. The molecule has 0 bridgehead atoms. The SMILES string of the molecule is Cn1cnc(C2CC2CBr)c1. The van der Waals surface area contributed by atoms with Gasteiger partial charge < -0.3 is 4.57 Å². The first kappa shape index (κ1) is 7.35. The summed E-state index contributed by atoms with van der Waals surface area (Å²) < 4.78 is 2.01. The van der Waals surface area contributed by atoms with E-state index in [0.717, 1.165) is 17.2 Å². The number of halogens is 1. The fraction of sp³-hybridized carbons (Fsp3) is 0.625. The van der Waals surface area contributed by atoms with Crippen LogP contribution in [0.4, 0.5) is 0 Å². The van der Waals surface area contributed by atoms with Gasteiger partial charge in [0.2, 0.25) is 0 Å². The number of alkyl halides is 1. The van der Waals surface area contributed by atoms with Crippen LogP contribution in [-0.2, 0) is 7.05 Å². The average molecular weight is 215 g/mol. The average Bonchev–Trinajstić information content (AvgIpc) is 2.68. The van der Waals surface area contributed by atoms with Crippen molar-refractivity contribution >= 4 is 15.9 Å². The lowest BCUT2D eigenvalue weighted by molar-refractivity contribution is 0.899. The summed E-state index contributed by atoms with van der Waals surface area (Å²) in [6, 6.07) is 0. The van der Waals surface area contributed by atoms with Crippen molar-refractivity contribution in [2.24, 2.45) is 13.0 Å². The monoisotopic (exact) mass is 214 g/mol. The maximum atomic E-state index is 4.32. The van der Waals surface area contributed by atoms with Crippen molar-refractivity contribution in [3.05, 3.63) is 18.2 Å². The Morgan fingerprint density at radius 2 is 2.64 bits per heavy atom. The molecule has 0 saturated heterocycles. The van der Waals surface area contributed by atoms with Crippen LogP contribution in [0.25, 0.3) is 0 Å². The van der Waals surface area contributed by atoms with E-state index in [1.54, 1.807) is 0 Å². The molecule has 11 heavy (non-hydrogen) atoms. The molecule has 2 nitrogen and oxygen atoms in total. The lowest BCUT2D eigenvalue weighted by Crippen LogP contribution is -1.84. The number of hydrogen-bond acceptors (Lipinski definition) is 1. The van der Waals surface area contributed by atoms with Gasteiger partial charge in [0, 0.05) is 24.5 Å². The van der Waals surface area contributed by atoms with Crippen molar-refractivity contribution in [3.8, 4) is 0 Å². The molecule has 3 heteroatoms. The molecule has 2 unspecified atom stereocenters. The molecule has 1 aliphatic carbocycles. The van der Waals surface area contributed by atoms with E-state index in [1.807, 2.05) is 17.9 Å². The molecule has 1 aliphatic rings. The molecule has 0 amide bonds. The Bertz CT molecular complexity index is 256. The Hall–Kier alpha value is -0.310. The molecular weight excluding hydrogens is 204 g/mol. The molecule has 1 heterocycles. The van der Waals surface area contributed by atoms with Crippen molar-refractivity contribution < 1.29 is 0 Å². The summed E-state index contributed by atoms with van der Waals surface area (Å²) in [7, 11) is 2.02. The number of rotatable bonds is 2. The minimum absolute atomic E-state index is 0.732. The Morgan fingerprint density at radius 3 is 3.09 bits per heavy atom. The highest BCUT2D eigenvalue weighted by atomic mass is 79.9. The van der Waals surface area contributed by atoms with Gasteiger partial charge in [0.15, 0.2) is 0 Å². The van der Waals surface area contributed by atoms with Gasteiger partial charge in [-0.1, -0.05) is 15.9 Å². The number of imidazole rings is 1. The van der Waals surface area contributed by atoms with Crippen LogP contribution < -0.4 is 0 Å². The molecule has 0 aromatic carbocycles. The summed E-state index contributed by atoms with van der Waals surface area (Å²) >= 11 is 3.49. The first-order valence-electron chi connectivity index (χ1n) is 3.85. The first-order chi connectivity index (χ1) is 5.31. The van der Waals surface area contributed by atoms with Crippen LogP contribution in [0.1, 0.15) is 18.0 Å². The second-order valence-corrected chi connectivity index (χ2v) is 3.87. The summed E-state index contributed by atoms with van der Waals surface area (Å²) in [5, 5.41) is 1.12. The highest BCUT2D eigenvalue weighted by Gasteiger charge is 2.38. The van der Waals surface area contributed by atoms with Gasteiger partial charge in [-0.3, -0.25) is 0 Å². The van der Waals surface area contributed by atoms with Crippen LogP contribution in [0, 0.1) is 5.92 Å². The molecule has 0 N–H and O–H groups in total. The van der Waals surface area contributed by atoms with Crippen molar-refractivity contribution in [2.45, 2.75) is 12.3 Å². The summed E-state index contributed by atoms with van der Waals surface area (Å²) in [6.45, 7) is 0. The zero-order chi connectivity index (χ0) is 7.84. The second-order valence-electron chi connectivity index (χ2n) is 3.22. The Morgan fingerprint density at radius 1 is 1.82 bits per heavy atom. The zero-order valence-corrected chi connectivity index (χ0v) is 8.08. The fourth-order valence-electron chi connectivity index (χ4n) is 1.40. The molecule has 1 aromatic rings. The molecule has 0 aliphatic heterocycles. The predicted octanol–water partition coefficient (Wildman–Crippen LogP) is 1.92. The van der Waals surface area contributed by atoms with Crippen LogP contribution in [0.15, 0.2) is 12.5 Å². The topological polar surface area (TPSA) is 17.8 Å². The standard InChI is InChI=1S/C8H11BrN2/c1-11-4-8(10-5-11)7-2-6(7)3-9/h4-7H,2-3H2,1H3. The lowest BCUT2D eigenvalue weighted by Gasteiger charge is -1.89. The number of aryl methyl sites for hydroxylation is 1. The molecule has 1 fully saturated rings. The van der Waals surface area contributed by atoms with E-state index in [1.165, 1.54) is 12.1 Å². The van der Waals surface area contributed by atoms with E-state index in [4.69, 9.17) is 0 Å². The van der Waals surface area contributed by atoms with Crippen LogP contribution in [0.2, 0.25) is 0 Å². The molecule has 2 rings (SSSR count). The quantitative estimate of drug-likeness (QED) is 0.689. The van der Waals surface area contributed by atoms with Gasteiger partial charge in [-0.2, -0.15) is 0 Å². The van der Waals surface area contributed by atoms with Gasteiger partial charge in [0.25, 0.3) is 0 Å². The number of nitrogens with zero attached hydrogens (tertiary/aromatic N) is 2. The fourth-order valence-corrected chi connectivity index (χ4v) is 2.12. The van der Waals surface area contributed by atoms with E-state index in [2.05, 4.69) is 27.1 Å². The zero-order valence-electron chi connectivity index (χ0n) is 6.50. The van der Waals surface area contributed by atoms with E-state index in [-0.39, 0.29) is 0 Å². The first-order valence-corrected chi connectivity index (χ1v) is 4.97. The molecule has 0 spiro atoms. The van der Waals surface area contributed by atoms with Crippen LogP contribution >= 0.6 is 15.9 Å². The van der Waals surface area contributed by atoms with Gasteiger partial charge in [-0.05, 0) is 12.3 Å². The van der Waals surface area contributed by atoms with Crippen molar-refractivity contribution in [3.63, 3.8) is 0 Å². The smallest absolute Gasteiger partial charge is 0.0946 e. The minimum Gasteiger partial charge on any atom is -0.340 e. The third-order valence-corrected chi connectivity index (χ3v) is 3.06. The van der Waals surface area contributed by atoms with E-state index in [0.29, 0.717) is 0 Å². The van der Waals surface area contributed by atoms with Gasteiger partial charge in [0.1, 0.15) is 0 Å². The summed E-state index contributed by atoms with van der Waals surface area (Å²) in [6.07, 6.45) is 5.30. The number of aromatic nitrogens is 2. The highest BCUT2D eigenvalue weighted by molar-refractivity contribution is 9.09. The molecule has 0 radical (unpaired) electrons. The van der Waals surface area contributed by atoms with E-state index < -0.39 is 0 Å². The van der Waals surface area contributed by atoms with Crippen LogP contribution in [0.5, 0.6) is 0 Å². The third-order valence-electron chi connectivity index (χ3n) is 2.23. The summed E-state index contributed by atoms with van der Waals surface area (Å²) in [4.78, 5) is 4.32. The highest BCUT2D eigenvalue weighted by Crippen LogP contribution is 2.47. The molecule has 1 saturated carbocycles. The van der Waals surface area contributed by atoms with E-state index >= 15 is 0 Å². The summed E-state index contributed by atoms with van der Waals surface area (Å²) in [5.41, 5.74) is 1.26. The molecule has 60 valence electrons. The minimum atomic E-state index is 0.732. The largest absolute Gasteiger partial charge is 0.340 e. The summed E-state index contributed by atoms with van der Waals surface area (Å²) in [5.74, 6) is 1.57. The molecule has 2 atom stereocenters. The van der Waals surface area contributed by atoms with Gasteiger partial charge in [-0.15, -0.1) is 0 Å². The van der Waals surface area contributed by atoms with Crippen molar-refractivity contribution in [1.82, 2.24) is 9.55 Å². The Balaban J connectivity index is 2.08. The van der Waals surface area contributed by atoms with Gasteiger partial charge in [-0.25, -0.2) is 4.98 Å². The maximum Gasteiger partial charge on any atom is 0.0946 e. The normalized spacial score (nSPS) is 28.9. The second kappa shape index (κ2) is 2.63. The lowest BCUT2D eigenvalue weighted by atomic mass is 10.3. The predicted molar refractivity (Wildman–Crippen MR) is 47.9 cm³/mol. The van der Waals surface area contributed by atoms with Gasteiger partial charge in [0.05, 0.1) is 12.0 Å². The van der Waals surface area contributed by atoms with Crippen molar-refractivity contribution in [2.75, 3.05) is 5.33 Å². The van der Waals surface area contributed by atoms with Crippen molar-refractivity contribution in [1.29, 1.82) is 0 Å². The van der Waals surface area contributed by atoms with Gasteiger partial charge >= 0.3 is 0 Å². The van der Waals surface area contributed by atoms with Crippen LogP contribution in [-0.4, -0.2) is 14.9 Å². The van der Waals surface area contributed by atoms with E-state index in [9.17, 15) is 0 Å². The molecular formula is C8H11BrN2. The van der Waals surface area contributed by atoms with Crippen LogP contribution in [0.3, 0.4) is 0 Å².